The minimum Gasteiger partial charge on any atom is -0.461 e. The highest BCUT2D eigenvalue weighted by Crippen LogP contribution is 2.06. The first-order valence-corrected chi connectivity index (χ1v) is 8.61. The molecule has 144 valence electrons. The average Bonchev–Trinajstić information content (AvgIpc) is 2.52. The lowest BCUT2D eigenvalue weighted by Gasteiger charge is -2.19. The Hall–Kier alpha value is -2.57. The third kappa shape index (κ3) is 10.3. The highest BCUT2D eigenvalue weighted by atomic mass is 16.6. The molecule has 0 aromatic heterocycles. The maximum absolute atomic E-state index is 11.8. The standard InChI is InChI=1S/C19H28N2O5/c1-14(12-17(23)25-13-15-8-6-5-7-9-15)21-16(22)10-11-20-18(24)26-19(2,3)4/h5-9,14H,10-13H2,1-4H3,(H,20,24)(H,21,22)/t14-/m1/s1. The number of alkyl carbamates (subject to hydrolysis) is 1. The van der Waals surface area contributed by atoms with Crippen LogP contribution in [-0.2, 0) is 25.7 Å². The van der Waals surface area contributed by atoms with Crippen molar-refractivity contribution in [1.29, 1.82) is 0 Å². The number of rotatable bonds is 8. The molecule has 1 aromatic carbocycles. The van der Waals surface area contributed by atoms with Gasteiger partial charge in [-0.15, -0.1) is 0 Å². The molecule has 0 bridgehead atoms. The van der Waals surface area contributed by atoms with E-state index in [1.165, 1.54) is 0 Å². The first kappa shape index (κ1) is 21.5. The first-order chi connectivity index (χ1) is 12.2. The molecule has 2 amide bonds. The minimum atomic E-state index is -0.582. The van der Waals surface area contributed by atoms with Crippen LogP contribution in [0.5, 0.6) is 0 Å². The number of hydrogen-bond donors (Lipinski definition) is 2. The Bertz CT molecular complexity index is 596. The summed E-state index contributed by atoms with van der Waals surface area (Å²) >= 11 is 0. The van der Waals surface area contributed by atoms with E-state index in [4.69, 9.17) is 9.47 Å². The van der Waals surface area contributed by atoms with Crippen LogP contribution in [0.1, 0.15) is 46.1 Å². The summed E-state index contributed by atoms with van der Waals surface area (Å²) < 4.78 is 10.2. The monoisotopic (exact) mass is 364 g/mol. The maximum atomic E-state index is 11.8. The summed E-state index contributed by atoms with van der Waals surface area (Å²) in [6, 6.07) is 9.02. The van der Waals surface area contributed by atoms with Crippen LogP contribution in [0.4, 0.5) is 4.79 Å². The molecule has 0 fully saturated rings. The van der Waals surface area contributed by atoms with E-state index < -0.39 is 11.7 Å². The molecule has 2 N–H and O–H groups in total. The van der Waals surface area contributed by atoms with Gasteiger partial charge in [0.15, 0.2) is 0 Å². The Kier molecular flexibility index (Phi) is 8.61. The van der Waals surface area contributed by atoms with Crippen LogP contribution in [0.3, 0.4) is 0 Å². The lowest BCUT2D eigenvalue weighted by molar-refractivity contribution is -0.145. The van der Waals surface area contributed by atoms with Crippen LogP contribution in [0.2, 0.25) is 0 Å². The zero-order valence-corrected chi connectivity index (χ0v) is 15.8. The highest BCUT2D eigenvalue weighted by Gasteiger charge is 2.17. The SMILES string of the molecule is C[C@H](CC(=O)OCc1ccccc1)NC(=O)CCNC(=O)OC(C)(C)C. The molecule has 26 heavy (non-hydrogen) atoms. The summed E-state index contributed by atoms with van der Waals surface area (Å²) in [5, 5.41) is 5.21. The summed E-state index contributed by atoms with van der Waals surface area (Å²) in [5.41, 5.74) is 0.326. The number of hydrogen-bond acceptors (Lipinski definition) is 5. The summed E-state index contributed by atoms with van der Waals surface area (Å²) in [5.74, 6) is -0.641. The van der Waals surface area contributed by atoms with Crippen molar-refractivity contribution < 1.29 is 23.9 Å². The van der Waals surface area contributed by atoms with E-state index in [1.807, 2.05) is 30.3 Å². The van der Waals surface area contributed by atoms with E-state index in [9.17, 15) is 14.4 Å². The average molecular weight is 364 g/mol. The molecule has 0 aliphatic rings. The molecule has 0 saturated carbocycles. The van der Waals surface area contributed by atoms with Gasteiger partial charge in [0.05, 0.1) is 6.42 Å². The molecule has 0 heterocycles. The fraction of sp³-hybridized carbons (Fsp3) is 0.526. The number of esters is 1. The number of carbonyl (C=O) groups is 3. The summed E-state index contributed by atoms with van der Waals surface area (Å²) in [6.45, 7) is 7.38. The number of ether oxygens (including phenoxy) is 2. The van der Waals surface area contributed by atoms with Crippen molar-refractivity contribution in [3.63, 3.8) is 0 Å². The topological polar surface area (TPSA) is 93.7 Å². The molecular formula is C19H28N2O5. The number of nitrogens with one attached hydrogen (secondary N) is 2. The van der Waals surface area contributed by atoms with Gasteiger partial charge in [-0.3, -0.25) is 9.59 Å². The van der Waals surface area contributed by atoms with Crippen molar-refractivity contribution in [1.82, 2.24) is 10.6 Å². The minimum absolute atomic E-state index is 0.0814. The molecule has 7 heteroatoms. The second-order valence-electron chi connectivity index (χ2n) is 7.00. The normalized spacial score (nSPS) is 12.0. The van der Waals surface area contributed by atoms with Crippen molar-refractivity contribution in [2.75, 3.05) is 6.54 Å². The molecule has 1 atom stereocenters. The molecule has 0 spiro atoms. The zero-order valence-electron chi connectivity index (χ0n) is 15.8. The molecule has 7 nitrogen and oxygen atoms in total. The molecule has 0 radical (unpaired) electrons. The quantitative estimate of drug-likeness (QED) is 0.692. The highest BCUT2D eigenvalue weighted by molar-refractivity contribution is 5.78. The Balaban J connectivity index is 2.19. The summed E-state index contributed by atoms with van der Waals surface area (Å²) in [6.07, 6.45) is -0.386. The molecule has 0 aliphatic heterocycles. The van der Waals surface area contributed by atoms with E-state index in [-0.39, 0.29) is 43.9 Å². The van der Waals surface area contributed by atoms with Gasteiger partial charge in [-0.25, -0.2) is 4.79 Å². The van der Waals surface area contributed by atoms with Gasteiger partial charge in [0, 0.05) is 19.0 Å². The van der Waals surface area contributed by atoms with Crippen molar-refractivity contribution in [3.05, 3.63) is 35.9 Å². The Labute approximate surface area is 154 Å². The van der Waals surface area contributed by atoms with Crippen LogP contribution in [0.25, 0.3) is 0 Å². The summed E-state index contributed by atoms with van der Waals surface area (Å²) in [7, 11) is 0. The van der Waals surface area contributed by atoms with Crippen LogP contribution in [0, 0.1) is 0 Å². The fourth-order valence-electron chi connectivity index (χ4n) is 2.04. The number of carbonyl (C=O) groups excluding carboxylic acids is 3. The maximum Gasteiger partial charge on any atom is 0.407 e. The van der Waals surface area contributed by atoms with Gasteiger partial charge in [0.1, 0.15) is 12.2 Å². The summed E-state index contributed by atoms with van der Waals surface area (Å²) in [4.78, 5) is 35.1. The smallest absolute Gasteiger partial charge is 0.407 e. The van der Waals surface area contributed by atoms with Gasteiger partial charge in [0.2, 0.25) is 5.91 Å². The predicted molar refractivity (Wildman–Crippen MR) is 97.3 cm³/mol. The largest absolute Gasteiger partial charge is 0.461 e. The van der Waals surface area contributed by atoms with Crippen LogP contribution < -0.4 is 10.6 Å². The van der Waals surface area contributed by atoms with Gasteiger partial charge in [-0.2, -0.15) is 0 Å². The first-order valence-electron chi connectivity index (χ1n) is 8.61. The van der Waals surface area contributed by atoms with Crippen LogP contribution in [-0.4, -0.2) is 36.2 Å². The van der Waals surface area contributed by atoms with Crippen molar-refractivity contribution in [2.24, 2.45) is 0 Å². The van der Waals surface area contributed by atoms with E-state index >= 15 is 0 Å². The molecule has 1 rings (SSSR count). The lowest BCUT2D eigenvalue weighted by atomic mass is 10.2. The van der Waals surface area contributed by atoms with Crippen molar-refractivity contribution >= 4 is 18.0 Å². The van der Waals surface area contributed by atoms with E-state index in [0.29, 0.717) is 0 Å². The zero-order chi connectivity index (χ0) is 19.6. The van der Waals surface area contributed by atoms with Gasteiger partial charge in [-0.05, 0) is 33.3 Å². The van der Waals surface area contributed by atoms with E-state index in [1.54, 1.807) is 27.7 Å². The van der Waals surface area contributed by atoms with E-state index in [0.717, 1.165) is 5.56 Å². The second-order valence-corrected chi connectivity index (χ2v) is 7.00. The van der Waals surface area contributed by atoms with Crippen LogP contribution >= 0.6 is 0 Å². The molecular weight excluding hydrogens is 336 g/mol. The number of amides is 2. The predicted octanol–water partition coefficient (Wildman–Crippen LogP) is 2.54. The van der Waals surface area contributed by atoms with Gasteiger partial charge >= 0.3 is 12.1 Å². The fourth-order valence-corrected chi connectivity index (χ4v) is 2.04. The molecule has 0 saturated heterocycles. The van der Waals surface area contributed by atoms with E-state index in [2.05, 4.69) is 10.6 Å². The Morgan fingerprint density at radius 1 is 1.12 bits per heavy atom. The van der Waals surface area contributed by atoms with Gasteiger partial charge in [-0.1, -0.05) is 30.3 Å². The third-order valence-electron chi connectivity index (χ3n) is 3.14. The third-order valence-corrected chi connectivity index (χ3v) is 3.14. The molecule has 1 aromatic rings. The van der Waals surface area contributed by atoms with Crippen molar-refractivity contribution in [3.8, 4) is 0 Å². The second kappa shape index (κ2) is 10.4. The molecule has 0 unspecified atom stereocenters. The number of benzene rings is 1. The molecule has 0 aliphatic carbocycles. The van der Waals surface area contributed by atoms with Crippen LogP contribution in [0.15, 0.2) is 30.3 Å². The Morgan fingerprint density at radius 2 is 1.77 bits per heavy atom. The van der Waals surface area contributed by atoms with Gasteiger partial charge < -0.3 is 20.1 Å². The van der Waals surface area contributed by atoms with Gasteiger partial charge in [0.25, 0.3) is 0 Å². The Morgan fingerprint density at radius 3 is 2.38 bits per heavy atom. The van der Waals surface area contributed by atoms with Crippen molar-refractivity contribution in [2.45, 2.75) is 58.8 Å². The lowest BCUT2D eigenvalue weighted by Crippen LogP contribution is -2.38.